The Morgan fingerprint density at radius 3 is 2.83 bits per heavy atom. The topological polar surface area (TPSA) is 67.4 Å². The van der Waals surface area contributed by atoms with Crippen LogP contribution in [-0.2, 0) is 4.74 Å². The number of hydrogen-bond donors (Lipinski definition) is 2. The molecule has 0 radical (unpaired) electrons. The van der Waals surface area contributed by atoms with Crippen LogP contribution in [0.4, 0.5) is 10.1 Å². The van der Waals surface area contributed by atoms with Gasteiger partial charge in [0.2, 0.25) is 0 Å². The molecule has 178 valence electrons. The third-order valence-electron chi connectivity index (χ3n) is 6.54. The molecule has 0 saturated carbocycles. The second-order valence-electron chi connectivity index (χ2n) is 8.66. The van der Waals surface area contributed by atoms with E-state index in [2.05, 4.69) is 10.6 Å². The molecule has 5 rings (SSSR count). The maximum absolute atomic E-state index is 14.2. The quantitative estimate of drug-likeness (QED) is 0.578. The van der Waals surface area contributed by atoms with Gasteiger partial charge in [0.15, 0.2) is 11.4 Å². The number of nitrogens with one attached hydrogen (secondary N) is 2. The summed E-state index contributed by atoms with van der Waals surface area (Å²) in [6.07, 6.45) is 10.5. The van der Waals surface area contributed by atoms with E-state index in [-0.39, 0.29) is 21.0 Å². The molecule has 8 heteroatoms. The van der Waals surface area contributed by atoms with Crippen LogP contribution in [0.5, 0.6) is 0 Å². The van der Waals surface area contributed by atoms with E-state index < -0.39 is 11.7 Å². The van der Waals surface area contributed by atoms with Gasteiger partial charge in [-0.05, 0) is 49.2 Å². The first-order valence-corrected chi connectivity index (χ1v) is 11.7. The van der Waals surface area contributed by atoms with Crippen molar-refractivity contribution in [3.63, 3.8) is 0 Å². The third-order valence-corrected chi connectivity index (χ3v) is 6.85. The van der Waals surface area contributed by atoms with Crippen molar-refractivity contribution in [3.8, 4) is 0 Å². The minimum absolute atomic E-state index is 0.00289. The molecule has 6 nitrogen and oxygen atoms in total. The first-order chi connectivity index (χ1) is 16.9. The molecule has 1 saturated heterocycles. The summed E-state index contributed by atoms with van der Waals surface area (Å²) in [6.45, 7) is 2.92. The highest BCUT2D eigenvalue weighted by molar-refractivity contribution is 6.34. The second kappa shape index (κ2) is 9.26. The SMILES string of the molecule is Cc1ccc(F)cc1C(=O)Nc1ccc(C(=O)[N+]23CCOCC2=CNC=C2CC=CC=C23)c(Cl)c1. The Hall–Kier alpha value is -3.52. The minimum Gasteiger partial charge on any atom is -0.365 e. The van der Waals surface area contributed by atoms with E-state index in [0.717, 1.165) is 17.0 Å². The fourth-order valence-corrected chi connectivity index (χ4v) is 4.98. The van der Waals surface area contributed by atoms with Crippen molar-refractivity contribution in [2.45, 2.75) is 13.3 Å². The Labute approximate surface area is 207 Å². The predicted molar refractivity (Wildman–Crippen MR) is 132 cm³/mol. The van der Waals surface area contributed by atoms with Gasteiger partial charge in [0.1, 0.15) is 19.0 Å². The molecule has 2 N–H and O–H groups in total. The molecule has 2 heterocycles. The number of carbonyl (C=O) groups is 2. The molecule has 3 aliphatic rings. The van der Waals surface area contributed by atoms with Gasteiger partial charge in [0.25, 0.3) is 5.91 Å². The van der Waals surface area contributed by atoms with Crippen LogP contribution in [0, 0.1) is 12.7 Å². The Morgan fingerprint density at radius 1 is 1.14 bits per heavy atom. The Bertz CT molecular complexity index is 1360. The summed E-state index contributed by atoms with van der Waals surface area (Å²) in [4.78, 5) is 26.9. The number of amides is 2. The van der Waals surface area contributed by atoms with Gasteiger partial charge in [-0.25, -0.2) is 9.18 Å². The van der Waals surface area contributed by atoms with Gasteiger partial charge in [-0.1, -0.05) is 29.8 Å². The fraction of sp³-hybridized carbons (Fsp3) is 0.185. The van der Waals surface area contributed by atoms with Crippen LogP contribution in [0.3, 0.4) is 0 Å². The normalized spacial score (nSPS) is 20.8. The van der Waals surface area contributed by atoms with Gasteiger partial charge in [-0.3, -0.25) is 4.79 Å². The highest BCUT2D eigenvalue weighted by Gasteiger charge is 2.50. The zero-order chi connectivity index (χ0) is 24.6. The van der Waals surface area contributed by atoms with E-state index in [1.807, 2.05) is 30.6 Å². The van der Waals surface area contributed by atoms with Crippen LogP contribution in [-0.4, -0.2) is 36.1 Å². The van der Waals surface area contributed by atoms with Crippen molar-refractivity contribution in [3.05, 3.63) is 112 Å². The zero-order valence-electron chi connectivity index (χ0n) is 19.1. The van der Waals surface area contributed by atoms with Gasteiger partial charge in [-0.15, -0.1) is 0 Å². The molecule has 0 aromatic heterocycles. The van der Waals surface area contributed by atoms with Crippen molar-refractivity contribution in [1.29, 1.82) is 0 Å². The summed E-state index contributed by atoms with van der Waals surface area (Å²) >= 11 is 6.62. The highest BCUT2D eigenvalue weighted by Crippen LogP contribution is 2.40. The second-order valence-corrected chi connectivity index (χ2v) is 9.06. The molecule has 2 aromatic rings. The summed E-state index contributed by atoms with van der Waals surface area (Å²) < 4.78 is 19.3. The molecule has 1 atom stereocenters. The number of hydrogen-bond acceptors (Lipinski definition) is 4. The lowest BCUT2D eigenvalue weighted by molar-refractivity contribution is -0.779. The summed E-state index contributed by atoms with van der Waals surface area (Å²) in [5.74, 6) is -1.11. The van der Waals surface area contributed by atoms with Crippen LogP contribution in [0.15, 0.2) is 84.0 Å². The average molecular weight is 493 g/mol. The van der Waals surface area contributed by atoms with Gasteiger partial charge in [0.05, 0.1) is 23.4 Å². The predicted octanol–water partition coefficient (Wildman–Crippen LogP) is 5.20. The van der Waals surface area contributed by atoms with E-state index >= 15 is 0 Å². The van der Waals surface area contributed by atoms with Crippen LogP contribution in [0.1, 0.15) is 32.7 Å². The molecular formula is C27H24ClFN3O3+. The lowest BCUT2D eigenvalue weighted by Gasteiger charge is -2.41. The van der Waals surface area contributed by atoms with Crippen molar-refractivity contribution < 1.29 is 23.2 Å². The van der Waals surface area contributed by atoms with Crippen molar-refractivity contribution in [2.24, 2.45) is 0 Å². The number of nitrogens with zero attached hydrogens (tertiary/aromatic N) is 1. The Morgan fingerprint density at radius 2 is 2.00 bits per heavy atom. The highest BCUT2D eigenvalue weighted by atomic mass is 35.5. The minimum atomic E-state index is -0.491. The van der Waals surface area contributed by atoms with Crippen LogP contribution in [0.25, 0.3) is 0 Å². The lowest BCUT2D eigenvalue weighted by Crippen LogP contribution is -2.56. The van der Waals surface area contributed by atoms with Gasteiger partial charge >= 0.3 is 5.91 Å². The fourth-order valence-electron chi connectivity index (χ4n) is 4.72. The van der Waals surface area contributed by atoms with Crippen LogP contribution < -0.4 is 10.6 Å². The third kappa shape index (κ3) is 4.12. The van der Waals surface area contributed by atoms with E-state index in [9.17, 15) is 14.0 Å². The number of quaternary nitrogens is 1. The molecule has 35 heavy (non-hydrogen) atoms. The molecule has 2 amide bonds. The van der Waals surface area contributed by atoms with Crippen LogP contribution >= 0.6 is 11.6 Å². The summed E-state index contributed by atoms with van der Waals surface area (Å²) in [5, 5.41) is 6.16. The van der Waals surface area contributed by atoms with Crippen molar-refractivity contribution in [1.82, 2.24) is 5.32 Å². The molecule has 0 bridgehead atoms. The molecular weight excluding hydrogens is 469 g/mol. The standard InChI is InChI=1S/C27H23ClFN3O3/c1-17-6-7-19(29)12-23(17)26(33)31-20-8-9-22(24(28)13-20)27(34)32-10-11-35-16-21(32)15-30-14-18-4-2-3-5-25(18)32/h2-3,5-9,12-15,30H,4,10-11,16H2,1H3/p+1. The Balaban J connectivity index is 1.49. The molecule has 1 aliphatic carbocycles. The molecule has 1 unspecified atom stereocenters. The van der Waals surface area contributed by atoms with E-state index in [1.165, 1.54) is 12.1 Å². The maximum Gasteiger partial charge on any atom is 0.357 e. The number of aryl methyl sites for hydroxylation is 1. The van der Waals surface area contributed by atoms with Crippen molar-refractivity contribution in [2.75, 3.05) is 25.1 Å². The molecule has 0 spiro atoms. The van der Waals surface area contributed by atoms with Gasteiger partial charge in [0, 0.05) is 29.1 Å². The number of carbonyl (C=O) groups excluding carboxylic acids is 2. The summed E-state index contributed by atoms with van der Waals surface area (Å²) in [7, 11) is 0. The van der Waals surface area contributed by atoms with E-state index in [1.54, 1.807) is 31.2 Å². The largest absolute Gasteiger partial charge is 0.365 e. The van der Waals surface area contributed by atoms with Crippen molar-refractivity contribution >= 4 is 29.1 Å². The van der Waals surface area contributed by atoms with Gasteiger partial charge < -0.3 is 15.4 Å². The van der Waals surface area contributed by atoms with Gasteiger partial charge in [-0.2, -0.15) is 4.48 Å². The number of anilines is 1. The first-order valence-electron chi connectivity index (χ1n) is 11.3. The Kier molecular flexibility index (Phi) is 6.15. The number of halogens is 2. The lowest BCUT2D eigenvalue weighted by atomic mass is 9.98. The molecule has 2 aromatic carbocycles. The molecule has 2 aliphatic heterocycles. The number of benzene rings is 2. The van der Waals surface area contributed by atoms with E-state index in [4.69, 9.17) is 16.3 Å². The zero-order valence-corrected chi connectivity index (χ0v) is 19.9. The first kappa shape index (κ1) is 23.2. The average Bonchev–Trinajstić information content (AvgIpc) is 3.03. The maximum atomic E-state index is 14.2. The van der Waals surface area contributed by atoms with Crippen LogP contribution in [0.2, 0.25) is 5.02 Å². The monoisotopic (exact) mass is 492 g/mol. The number of fused-ring (bicyclic) bond motifs is 3. The number of rotatable bonds is 3. The number of allylic oxidation sites excluding steroid dienone is 4. The smallest absolute Gasteiger partial charge is 0.357 e. The molecule has 1 fully saturated rings. The number of ether oxygens (including phenoxy) is 1. The summed E-state index contributed by atoms with van der Waals surface area (Å²) in [6, 6.07) is 8.86. The summed E-state index contributed by atoms with van der Waals surface area (Å²) in [5.41, 5.74) is 4.36. The number of morpholine rings is 1. The van der Waals surface area contributed by atoms with E-state index in [0.29, 0.717) is 43.0 Å².